The highest BCUT2D eigenvalue weighted by Crippen LogP contribution is 1.97. The normalized spacial score (nSPS) is 10.2. The molecular formula is C9H18N2O. The molecule has 0 aromatic rings. The van der Waals surface area contributed by atoms with Gasteiger partial charge in [0.1, 0.15) is 0 Å². The highest BCUT2D eigenvalue weighted by atomic mass is 16.2. The van der Waals surface area contributed by atoms with Gasteiger partial charge in [-0.2, -0.15) is 5.26 Å². The molecule has 0 spiro atoms. The first-order chi connectivity index (χ1) is 5.85. The Kier molecular flexibility index (Phi) is 8.09. The van der Waals surface area contributed by atoms with Crippen molar-refractivity contribution in [3.05, 3.63) is 0 Å². The van der Waals surface area contributed by atoms with E-state index in [1.165, 1.54) is 0 Å². The first-order valence-corrected chi connectivity index (χ1v) is 4.55. The van der Waals surface area contributed by atoms with Crippen molar-refractivity contribution >= 4 is 0 Å². The summed E-state index contributed by atoms with van der Waals surface area (Å²) in [5, 5.41) is 17.0. The second-order valence-corrected chi connectivity index (χ2v) is 2.81. The van der Waals surface area contributed by atoms with Gasteiger partial charge in [-0.05, 0) is 32.4 Å². The highest BCUT2D eigenvalue weighted by molar-refractivity contribution is 4.75. The van der Waals surface area contributed by atoms with Crippen molar-refractivity contribution in [2.45, 2.75) is 26.2 Å². The summed E-state index contributed by atoms with van der Waals surface area (Å²) in [5.74, 6) is 0. The molecule has 70 valence electrons. The summed E-state index contributed by atoms with van der Waals surface area (Å²) in [6.45, 7) is 4.78. The number of unbranched alkanes of at least 4 members (excludes halogenated alkanes) is 2. The fraction of sp³-hybridized carbons (Fsp3) is 0.889. The quantitative estimate of drug-likeness (QED) is 0.458. The molecule has 0 aromatic carbocycles. The van der Waals surface area contributed by atoms with Crippen molar-refractivity contribution in [3.63, 3.8) is 0 Å². The number of rotatable bonds is 7. The maximum absolute atomic E-state index is 8.53. The van der Waals surface area contributed by atoms with Crippen molar-refractivity contribution in [1.29, 1.82) is 5.26 Å². The lowest BCUT2D eigenvalue weighted by atomic mass is 10.2. The van der Waals surface area contributed by atoms with Crippen LogP contribution in [0.15, 0.2) is 0 Å². The first-order valence-electron chi connectivity index (χ1n) is 4.55. The van der Waals surface area contributed by atoms with E-state index >= 15 is 0 Å². The molecule has 12 heavy (non-hydrogen) atoms. The molecule has 0 aromatic heterocycles. The van der Waals surface area contributed by atoms with E-state index in [4.69, 9.17) is 10.4 Å². The molecule has 3 heteroatoms. The van der Waals surface area contributed by atoms with Gasteiger partial charge in [-0.1, -0.05) is 6.92 Å². The van der Waals surface area contributed by atoms with Gasteiger partial charge >= 0.3 is 0 Å². The van der Waals surface area contributed by atoms with E-state index in [2.05, 4.69) is 17.9 Å². The van der Waals surface area contributed by atoms with Crippen LogP contribution in [-0.4, -0.2) is 36.2 Å². The third kappa shape index (κ3) is 6.14. The molecule has 0 unspecified atom stereocenters. The summed E-state index contributed by atoms with van der Waals surface area (Å²) in [6.07, 6.45) is 3.01. The van der Waals surface area contributed by atoms with Gasteiger partial charge in [-0.15, -0.1) is 0 Å². The van der Waals surface area contributed by atoms with Crippen molar-refractivity contribution in [1.82, 2.24) is 4.90 Å². The van der Waals surface area contributed by atoms with E-state index in [9.17, 15) is 0 Å². The van der Waals surface area contributed by atoms with Gasteiger partial charge in [-0.25, -0.2) is 0 Å². The number of hydrogen-bond acceptors (Lipinski definition) is 3. The van der Waals surface area contributed by atoms with Crippen LogP contribution in [0.3, 0.4) is 0 Å². The summed E-state index contributed by atoms with van der Waals surface area (Å²) < 4.78 is 0. The third-order valence-electron chi connectivity index (χ3n) is 1.87. The second-order valence-electron chi connectivity index (χ2n) is 2.81. The van der Waals surface area contributed by atoms with Crippen LogP contribution in [0, 0.1) is 11.3 Å². The SMILES string of the molecule is CCN(CC#N)CCCCCO. The molecule has 0 atom stereocenters. The maximum Gasteiger partial charge on any atom is 0.0865 e. The lowest BCUT2D eigenvalue weighted by Gasteiger charge is -2.15. The molecular weight excluding hydrogens is 152 g/mol. The van der Waals surface area contributed by atoms with Crippen LogP contribution in [0.25, 0.3) is 0 Å². The van der Waals surface area contributed by atoms with Gasteiger partial charge in [0.15, 0.2) is 0 Å². The Morgan fingerprint density at radius 2 is 2.08 bits per heavy atom. The standard InChI is InChI=1S/C9H18N2O/c1-2-11(8-6-10)7-4-3-5-9-12/h12H,2-5,7-9H2,1H3. The predicted molar refractivity (Wildman–Crippen MR) is 48.7 cm³/mol. The van der Waals surface area contributed by atoms with Crippen LogP contribution in [0.4, 0.5) is 0 Å². The Morgan fingerprint density at radius 3 is 2.58 bits per heavy atom. The average molecular weight is 170 g/mol. The zero-order chi connectivity index (χ0) is 9.23. The zero-order valence-corrected chi connectivity index (χ0v) is 7.79. The van der Waals surface area contributed by atoms with E-state index in [1.54, 1.807) is 0 Å². The summed E-state index contributed by atoms with van der Waals surface area (Å²) in [6, 6.07) is 2.14. The molecule has 0 saturated carbocycles. The van der Waals surface area contributed by atoms with Crippen molar-refractivity contribution < 1.29 is 5.11 Å². The van der Waals surface area contributed by atoms with Crippen LogP contribution >= 0.6 is 0 Å². The Bertz CT molecular complexity index is 131. The molecule has 0 amide bonds. The highest BCUT2D eigenvalue weighted by Gasteiger charge is 1.99. The smallest absolute Gasteiger partial charge is 0.0865 e. The zero-order valence-electron chi connectivity index (χ0n) is 7.79. The lowest BCUT2D eigenvalue weighted by molar-refractivity contribution is 0.270. The van der Waals surface area contributed by atoms with Crippen molar-refractivity contribution in [2.75, 3.05) is 26.2 Å². The van der Waals surface area contributed by atoms with Gasteiger partial charge in [0.25, 0.3) is 0 Å². The van der Waals surface area contributed by atoms with Crippen LogP contribution in [-0.2, 0) is 0 Å². The van der Waals surface area contributed by atoms with Crippen LogP contribution in [0.5, 0.6) is 0 Å². The number of aliphatic hydroxyl groups is 1. The van der Waals surface area contributed by atoms with E-state index in [1.807, 2.05) is 0 Å². The Morgan fingerprint density at radius 1 is 1.33 bits per heavy atom. The van der Waals surface area contributed by atoms with Crippen LogP contribution in [0.2, 0.25) is 0 Å². The van der Waals surface area contributed by atoms with E-state index in [0.29, 0.717) is 6.54 Å². The molecule has 3 nitrogen and oxygen atoms in total. The molecule has 0 heterocycles. The minimum absolute atomic E-state index is 0.282. The summed E-state index contributed by atoms with van der Waals surface area (Å²) in [4.78, 5) is 2.11. The van der Waals surface area contributed by atoms with Gasteiger partial charge in [0.2, 0.25) is 0 Å². The molecule has 0 aliphatic carbocycles. The molecule has 0 rings (SSSR count). The van der Waals surface area contributed by atoms with Gasteiger partial charge in [0, 0.05) is 6.61 Å². The molecule has 1 N–H and O–H groups in total. The third-order valence-corrected chi connectivity index (χ3v) is 1.87. The Labute approximate surface area is 74.6 Å². The van der Waals surface area contributed by atoms with Crippen LogP contribution in [0.1, 0.15) is 26.2 Å². The summed E-state index contributed by atoms with van der Waals surface area (Å²) in [7, 11) is 0. The number of aliphatic hydroxyl groups excluding tert-OH is 1. The van der Waals surface area contributed by atoms with Gasteiger partial charge in [-0.3, -0.25) is 4.90 Å². The molecule has 0 fully saturated rings. The van der Waals surface area contributed by atoms with Gasteiger partial charge < -0.3 is 5.11 Å². The van der Waals surface area contributed by atoms with Crippen molar-refractivity contribution in [2.24, 2.45) is 0 Å². The fourth-order valence-electron chi connectivity index (χ4n) is 1.07. The predicted octanol–water partition coefficient (Wildman–Crippen LogP) is 0.994. The minimum atomic E-state index is 0.282. The van der Waals surface area contributed by atoms with E-state index in [-0.39, 0.29) is 6.61 Å². The number of nitriles is 1. The van der Waals surface area contributed by atoms with E-state index < -0.39 is 0 Å². The Balaban J connectivity index is 3.26. The first kappa shape index (κ1) is 11.4. The largest absolute Gasteiger partial charge is 0.396 e. The monoisotopic (exact) mass is 170 g/mol. The lowest BCUT2D eigenvalue weighted by Crippen LogP contribution is -2.24. The fourth-order valence-corrected chi connectivity index (χ4v) is 1.07. The van der Waals surface area contributed by atoms with Gasteiger partial charge in [0.05, 0.1) is 12.6 Å². The Hall–Kier alpha value is -0.590. The molecule has 0 aliphatic rings. The second kappa shape index (κ2) is 8.51. The molecule has 0 radical (unpaired) electrons. The summed E-state index contributed by atoms with van der Waals surface area (Å²) in [5.41, 5.74) is 0. The molecule has 0 saturated heterocycles. The summed E-state index contributed by atoms with van der Waals surface area (Å²) >= 11 is 0. The average Bonchev–Trinajstić information content (AvgIpc) is 2.10. The maximum atomic E-state index is 8.53. The minimum Gasteiger partial charge on any atom is -0.396 e. The van der Waals surface area contributed by atoms with Crippen molar-refractivity contribution in [3.8, 4) is 6.07 Å². The topological polar surface area (TPSA) is 47.3 Å². The van der Waals surface area contributed by atoms with E-state index in [0.717, 1.165) is 32.4 Å². The number of hydrogen-bond donors (Lipinski definition) is 1. The number of nitrogens with zero attached hydrogens (tertiary/aromatic N) is 2. The molecule has 0 aliphatic heterocycles. The van der Waals surface area contributed by atoms with Crippen LogP contribution < -0.4 is 0 Å². The molecule has 0 bridgehead atoms.